The van der Waals surface area contributed by atoms with Gasteiger partial charge in [0, 0.05) is 6.07 Å². The smallest absolute Gasteiger partial charge is 0.258 e. The van der Waals surface area contributed by atoms with E-state index in [0.29, 0.717) is 25.0 Å². The van der Waals surface area contributed by atoms with Crippen molar-refractivity contribution in [2.75, 3.05) is 13.2 Å². The van der Waals surface area contributed by atoms with Crippen molar-refractivity contribution in [2.24, 2.45) is 23.7 Å². The van der Waals surface area contributed by atoms with E-state index in [2.05, 4.69) is 18.0 Å². The molecule has 0 radical (unpaired) electrons. The lowest BCUT2D eigenvalue weighted by atomic mass is 9.71. The first kappa shape index (κ1) is 23.6. The van der Waals surface area contributed by atoms with Crippen molar-refractivity contribution >= 4 is 0 Å². The molecule has 0 amide bonds. The molecule has 0 N–H and O–H groups in total. The summed E-state index contributed by atoms with van der Waals surface area (Å²) in [5.41, 5.74) is 1.33. The SMILES string of the molecule is CCCCC1CCC(C2CC=C(COc3ccc(OCC4CCCC4)c(F)n3)CC2)CC1. The number of hydrogen-bond acceptors (Lipinski definition) is 3. The van der Waals surface area contributed by atoms with Gasteiger partial charge in [0.2, 0.25) is 5.88 Å². The van der Waals surface area contributed by atoms with Gasteiger partial charge in [0.1, 0.15) is 6.61 Å². The molecule has 1 unspecified atom stereocenters. The van der Waals surface area contributed by atoms with Crippen LogP contribution in [-0.4, -0.2) is 18.2 Å². The zero-order valence-corrected chi connectivity index (χ0v) is 20.0. The van der Waals surface area contributed by atoms with Gasteiger partial charge >= 0.3 is 0 Å². The Balaban J connectivity index is 1.18. The van der Waals surface area contributed by atoms with Gasteiger partial charge in [0.25, 0.3) is 5.95 Å². The summed E-state index contributed by atoms with van der Waals surface area (Å²) in [6.45, 7) is 3.41. The van der Waals surface area contributed by atoms with E-state index in [1.165, 1.54) is 89.0 Å². The molecule has 2 fully saturated rings. The summed E-state index contributed by atoms with van der Waals surface area (Å²) in [4.78, 5) is 3.98. The fourth-order valence-corrected chi connectivity index (χ4v) is 6.05. The molecule has 3 nitrogen and oxygen atoms in total. The minimum Gasteiger partial charge on any atom is -0.488 e. The maximum Gasteiger partial charge on any atom is 0.258 e. The highest BCUT2D eigenvalue weighted by Crippen LogP contribution is 2.40. The molecule has 0 saturated heterocycles. The number of halogens is 1. The van der Waals surface area contributed by atoms with Crippen LogP contribution in [-0.2, 0) is 0 Å². The monoisotopic (exact) mass is 443 g/mol. The third-order valence-corrected chi connectivity index (χ3v) is 8.21. The predicted octanol–water partition coefficient (Wildman–Crippen LogP) is 7.89. The zero-order chi connectivity index (χ0) is 22.2. The van der Waals surface area contributed by atoms with E-state index in [1.54, 1.807) is 12.1 Å². The van der Waals surface area contributed by atoms with E-state index in [-0.39, 0.29) is 5.75 Å². The molecule has 0 spiro atoms. The summed E-state index contributed by atoms with van der Waals surface area (Å²) in [5, 5.41) is 0. The van der Waals surface area contributed by atoms with Crippen molar-refractivity contribution in [3.05, 3.63) is 29.7 Å². The Morgan fingerprint density at radius 2 is 1.75 bits per heavy atom. The topological polar surface area (TPSA) is 31.4 Å². The van der Waals surface area contributed by atoms with Crippen LogP contribution >= 0.6 is 0 Å². The lowest BCUT2D eigenvalue weighted by molar-refractivity contribution is 0.183. The summed E-state index contributed by atoms with van der Waals surface area (Å²) in [7, 11) is 0. The number of pyridine rings is 1. The van der Waals surface area contributed by atoms with Crippen LogP contribution in [0.2, 0.25) is 0 Å². The van der Waals surface area contributed by atoms with E-state index in [1.807, 2.05) is 0 Å². The molecule has 1 heterocycles. The maximum atomic E-state index is 14.3. The lowest BCUT2D eigenvalue weighted by Gasteiger charge is -2.35. The highest BCUT2D eigenvalue weighted by Gasteiger charge is 2.28. The highest BCUT2D eigenvalue weighted by atomic mass is 19.1. The first-order valence-corrected chi connectivity index (χ1v) is 13.3. The van der Waals surface area contributed by atoms with E-state index in [9.17, 15) is 4.39 Å². The number of ether oxygens (including phenoxy) is 2. The number of rotatable bonds is 10. The lowest BCUT2D eigenvalue weighted by Crippen LogP contribution is -2.24. The molecule has 3 aliphatic rings. The molecule has 1 aromatic rings. The molecule has 0 bridgehead atoms. The first-order chi connectivity index (χ1) is 15.7. The van der Waals surface area contributed by atoms with Crippen LogP contribution in [0.1, 0.15) is 96.8 Å². The standard InChI is InChI=1S/C28H42FNO2/c1-2-3-6-21-9-13-24(14-10-21)25-15-11-23(12-16-25)20-32-27-18-17-26(28(29)30-27)31-19-22-7-4-5-8-22/h11,17-18,21-22,24-25H,2-10,12-16,19-20H2,1H3. The second kappa shape index (κ2) is 12.0. The largest absolute Gasteiger partial charge is 0.488 e. The molecule has 32 heavy (non-hydrogen) atoms. The van der Waals surface area contributed by atoms with Crippen molar-refractivity contribution in [3.63, 3.8) is 0 Å². The van der Waals surface area contributed by atoms with Crippen molar-refractivity contribution < 1.29 is 13.9 Å². The molecule has 4 rings (SSSR count). The normalized spacial score (nSPS) is 26.7. The minimum atomic E-state index is -0.562. The van der Waals surface area contributed by atoms with Crippen LogP contribution in [0.3, 0.4) is 0 Å². The van der Waals surface area contributed by atoms with Crippen LogP contribution in [0, 0.1) is 29.6 Å². The molecule has 4 heteroatoms. The molecular weight excluding hydrogens is 401 g/mol. The van der Waals surface area contributed by atoms with Gasteiger partial charge in [-0.2, -0.15) is 9.37 Å². The van der Waals surface area contributed by atoms with E-state index >= 15 is 0 Å². The van der Waals surface area contributed by atoms with Gasteiger partial charge in [0.15, 0.2) is 5.75 Å². The Hall–Kier alpha value is -1.58. The van der Waals surface area contributed by atoms with Crippen molar-refractivity contribution in [3.8, 4) is 11.6 Å². The Morgan fingerprint density at radius 1 is 0.938 bits per heavy atom. The average Bonchev–Trinajstić information content (AvgIpc) is 3.35. The predicted molar refractivity (Wildman–Crippen MR) is 128 cm³/mol. The molecule has 3 aliphatic carbocycles. The highest BCUT2D eigenvalue weighted by molar-refractivity contribution is 5.25. The van der Waals surface area contributed by atoms with E-state index in [0.717, 1.165) is 24.2 Å². The van der Waals surface area contributed by atoms with Crippen LogP contribution in [0.15, 0.2) is 23.8 Å². The summed E-state index contributed by atoms with van der Waals surface area (Å²) in [6.07, 6.45) is 20.8. The van der Waals surface area contributed by atoms with Crippen LogP contribution in [0.5, 0.6) is 11.6 Å². The molecule has 0 aliphatic heterocycles. The Kier molecular flexibility index (Phi) is 8.87. The number of hydrogen-bond donors (Lipinski definition) is 0. The van der Waals surface area contributed by atoms with Gasteiger partial charge in [-0.05, 0) is 80.3 Å². The van der Waals surface area contributed by atoms with Crippen LogP contribution in [0.4, 0.5) is 4.39 Å². The maximum absolute atomic E-state index is 14.3. The number of unbranched alkanes of at least 4 members (excludes halogenated alkanes) is 1. The van der Waals surface area contributed by atoms with Gasteiger partial charge in [-0.3, -0.25) is 0 Å². The Labute approximate surface area is 194 Å². The fraction of sp³-hybridized carbons (Fsp3) is 0.750. The minimum absolute atomic E-state index is 0.244. The zero-order valence-electron chi connectivity index (χ0n) is 20.0. The van der Waals surface area contributed by atoms with Gasteiger partial charge in [-0.1, -0.05) is 57.9 Å². The van der Waals surface area contributed by atoms with Gasteiger partial charge in [-0.15, -0.1) is 0 Å². The van der Waals surface area contributed by atoms with E-state index < -0.39 is 5.95 Å². The summed E-state index contributed by atoms with van der Waals surface area (Å²) in [5.74, 6) is 3.34. The van der Waals surface area contributed by atoms with Gasteiger partial charge in [-0.25, -0.2) is 0 Å². The second-order valence-corrected chi connectivity index (χ2v) is 10.5. The van der Waals surface area contributed by atoms with Gasteiger partial charge < -0.3 is 9.47 Å². The quantitative estimate of drug-likeness (QED) is 0.272. The van der Waals surface area contributed by atoms with Crippen molar-refractivity contribution in [1.29, 1.82) is 0 Å². The molecule has 178 valence electrons. The second-order valence-electron chi connectivity index (χ2n) is 10.5. The van der Waals surface area contributed by atoms with Gasteiger partial charge in [0.05, 0.1) is 6.61 Å². The Bertz CT molecular complexity index is 735. The third-order valence-electron chi connectivity index (χ3n) is 8.21. The van der Waals surface area contributed by atoms with Crippen molar-refractivity contribution in [1.82, 2.24) is 4.98 Å². The number of nitrogens with zero attached hydrogens (tertiary/aromatic N) is 1. The summed E-state index contributed by atoms with van der Waals surface area (Å²) >= 11 is 0. The molecule has 2 saturated carbocycles. The van der Waals surface area contributed by atoms with E-state index in [4.69, 9.17) is 9.47 Å². The summed E-state index contributed by atoms with van der Waals surface area (Å²) in [6, 6.07) is 3.39. The third kappa shape index (κ3) is 6.71. The number of aromatic nitrogens is 1. The fourth-order valence-electron chi connectivity index (χ4n) is 6.05. The molecule has 1 aromatic heterocycles. The number of allylic oxidation sites excluding steroid dienone is 1. The van der Waals surface area contributed by atoms with Crippen molar-refractivity contribution in [2.45, 2.75) is 96.8 Å². The molecular formula is C28H42FNO2. The van der Waals surface area contributed by atoms with Crippen LogP contribution < -0.4 is 9.47 Å². The Morgan fingerprint density at radius 3 is 2.44 bits per heavy atom. The molecule has 1 atom stereocenters. The first-order valence-electron chi connectivity index (χ1n) is 13.3. The summed E-state index contributed by atoms with van der Waals surface area (Å²) < 4.78 is 25.8. The van der Waals surface area contributed by atoms with Crippen LogP contribution in [0.25, 0.3) is 0 Å². The molecule has 0 aromatic carbocycles. The average molecular weight is 444 g/mol.